The van der Waals surface area contributed by atoms with Crippen LogP contribution in [-0.4, -0.2) is 53.7 Å². The lowest BCUT2D eigenvalue weighted by atomic mass is 10.2. The van der Waals surface area contributed by atoms with Crippen LogP contribution in [0.1, 0.15) is 24.7 Å². The molecule has 8 nitrogen and oxygen atoms in total. The average Bonchev–Trinajstić information content (AvgIpc) is 3.02. The van der Waals surface area contributed by atoms with Crippen molar-refractivity contribution in [1.82, 2.24) is 19.5 Å². The molecular weight excluding hydrogens is 374 g/mol. The van der Waals surface area contributed by atoms with Gasteiger partial charge in [0.05, 0.1) is 10.6 Å². The number of carbonyl (C=O) groups is 1. The first-order valence-electron chi connectivity index (χ1n) is 8.11. The van der Waals surface area contributed by atoms with Crippen molar-refractivity contribution in [2.45, 2.75) is 36.7 Å². The van der Waals surface area contributed by atoms with Crippen molar-refractivity contribution in [3.63, 3.8) is 0 Å². The van der Waals surface area contributed by atoms with Crippen LogP contribution in [0.4, 0.5) is 5.69 Å². The first-order chi connectivity index (χ1) is 12.2. The molecule has 2 aromatic rings. The molecule has 0 saturated heterocycles. The van der Waals surface area contributed by atoms with Crippen LogP contribution in [0.15, 0.2) is 28.3 Å². The summed E-state index contributed by atoms with van der Waals surface area (Å²) < 4.78 is 25.6. The predicted octanol–water partition coefficient (Wildman–Crippen LogP) is 2.05. The van der Waals surface area contributed by atoms with Gasteiger partial charge in [0.1, 0.15) is 5.82 Å². The van der Waals surface area contributed by atoms with Crippen LogP contribution in [0.2, 0.25) is 0 Å². The zero-order valence-electron chi connectivity index (χ0n) is 15.2. The van der Waals surface area contributed by atoms with E-state index in [1.807, 2.05) is 0 Å². The normalized spacial score (nSPS) is 11.7. The SMILES string of the molecule is CCCc1nc(SCC(=O)Nc2cc(S(=O)(=O)N(C)C)ccc2C)n[nH]1. The molecule has 1 heterocycles. The van der Waals surface area contributed by atoms with Crippen LogP contribution in [0.5, 0.6) is 0 Å². The van der Waals surface area contributed by atoms with Gasteiger partial charge in [-0.05, 0) is 31.0 Å². The summed E-state index contributed by atoms with van der Waals surface area (Å²) in [5.41, 5.74) is 1.25. The smallest absolute Gasteiger partial charge is 0.242 e. The van der Waals surface area contributed by atoms with Gasteiger partial charge in [-0.15, -0.1) is 5.10 Å². The van der Waals surface area contributed by atoms with E-state index in [9.17, 15) is 13.2 Å². The summed E-state index contributed by atoms with van der Waals surface area (Å²) in [6.45, 7) is 3.86. The zero-order valence-corrected chi connectivity index (χ0v) is 16.9. The van der Waals surface area contributed by atoms with Crippen LogP contribution in [-0.2, 0) is 21.2 Å². The molecule has 0 unspecified atom stereocenters. The van der Waals surface area contributed by atoms with Crippen LogP contribution < -0.4 is 5.32 Å². The number of nitrogens with one attached hydrogen (secondary N) is 2. The number of H-pyrrole nitrogens is 1. The third-order valence-corrected chi connectivity index (χ3v) is 6.25. The number of hydrogen-bond acceptors (Lipinski definition) is 6. The van der Waals surface area contributed by atoms with E-state index < -0.39 is 10.0 Å². The van der Waals surface area contributed by atoms with Crippen LogP contribution >= 0.6 is 11.8 Å². The van der Waals surface area contributed by atoms with Gasteiger partial charge >= 0.3 is 0 Å². The van der Waals surface area contributed by atoms with Crippen molar-refractivity contribution in [3.8, 4) is 0 Å². The number of aromatic amines is 1. The number of rotatable bonds is 8. The standard InChI is InChI=1S/C16H23N5O3S2/c1-5-6-14-18-16(20-19-14)25-10-15(22)17-13-9-12(8-7-11(13)2)26(23,24)21(3)4/h7-9H,5-6,10H2,1-4H3,(H,17,22)(H,18,19,20). The molecule has 1 aromatic heterocycles. The zero-order chi connectivity index (χ0) is 19.3. The van der Waals surface area contributed by atoms with Gasteiger partial charge in [0, 0.05) is 26.2 Å². The molecule has 0 aliphatic carbocycles. The number of aryl methyl sites for hydroxylation is 2. The lowest BCUT2D eigenvalue weighted by Crippen LogP contribution is -2.22. The van der Waals surface area contributed by atoms with Gasteiger partial charge in [-0.1, -0.05) is 24.8 Å². The Labute approximate surface area is 157 Å². The van der Waals surface area contributed by atoms with Crippen molar-refractivity contribution in [1.29, 1.82) is 0 Å². The predicted molar refractivity (Wildman–Crippen MR) is 102 cm³/mol. The van der Waals surface area contributed by atoms with E-state index in [1.54, 1.807) is 13.0 Å². The summed E-state index contributed by atoms with van der Waals surface area (Å²) >= 11 is 1.22. The highest BCUT2D eigenvalue weighted by molar-refractivity contribution is 7.99. The monoisotopic (exact) mass is 397 g/mol. The Kier molecular flexibility index (Phi) is 6.79. The fraction of sp³-hybridized carbons (Fsp3) is 0.438. The molecule has 10 heteroatoms. The minimum Gasteiger partial charge on any atom is -0.325 e. The summed E-state index contributed by atoms with van der Waals surface area (Å²) in [6.07, 6.45) is 1.78. The number of nitrogens with zero attached hydrogens (tertiary/aromatic N) is 3. The number of sulfonamides is 1. The number of thioether (sulfide) groups is 1. The molecule has 0 fully saturated rings. The third kappa shape index (κ3) is 5.05. The van der Waals surface area contributed by atoms with E-state index in [4.69, 9.17) is 0 Å². The second-order valence-electron chi connectivity index (χ2n) is 5.92. The van der Waals surface area contributed by atoms with Gasteiger partial charge < -0.3 is 5.32 Å². The molecule has 0 aliphatic rings. The minimum atomic E-state index is -3.56. The second-order valence-corrected chi connectivity index (χ2v) is 9.01. The number of carbonyl (C=O) groups excluding carboxylic acids is 1. The van der Waals surface area contributed by atoms with Gasteiger partial charge in [0.25, 0.3) is 0 Å². The number of anilines is 1. The number of hydrogen-bond donors (Lipinski definition) is 2. The fourth-order valence-corrected chi connectivity index (χ4v) is 3.66. The summed E-state index contributed by atoms with van der Waals surface area (Å²) in [7, 11) is -0.625. The quantitative estimate of drug-likeness (QED) is 0.660. The average molecular weight is 398 g/mol. The van der Waals surface area contributed by atoms with Crippen molar-refractivity contribution in [3.05, 3.63) is 29.6 Å². The lowest BCUT2D eigenvalue weighted by molar-refractivity contribution is -0.113. The maximum atomic E-state index is 12.2. The maximum absolute atomic E-state index is 12.2. The van der Waals surface area contributed by atoms with Gasteiger partial charge in [-0.25, -0.2) is 17.7 Å². The number of amides is 1. The van der Waals surface area contributed by atoms with Crippen LogP contribution in [0.25, 0.3) is 0 Å². The number of benzene rings is 1. The summed E-state index contributed by atoms with van der Waals surface area (Å²) in [5.74, 6) is 0.681. The second kappa shape index (κ2) is 8.65. The molecule has 142 valence electrons. The molecular formula is C16H23N5O3S2. The van der Waals surface area contributed by atoms with E-state index >= 15 is 0 Å². The van der Waals surface area contributed by atoms with Crippen LogP contribution in [0.3, 0.4) is 0 Å². The Bertz CT molecular complexity index is 878. The fourth-order valence-electron chi connectivity index (χ4n) is 2.11. The van der Waals surface area contributed by atoms with Crippen molar-refractivity contribution in [2.24, 2.45) is 0 Å². The Morgan fingerprint density at radius 1 is 1.35 bits per heavy atom. The third-order valence-electron chi connectivity index (χ3n) is 3.59. The summed E-state index contributed by atoms with van der Waals surface area (Å²) in [5, 5.41) is 10.2. The van der Waals surface area contributed by atoms with Crippen molar-refractivity contribution in [2.75, 3.05) is 25.2 Å². The molecule has 0 saturated carbocycles. The highest BCUT2D eigenvalue weighted by Crippen LogP contribution is 2.22. The van der Waals surface area contributed by atoms with Gasteiger partial charge in [-0.3, -0.25) is 9.89 Å². The molecule has 2 N–H and O–H groups in total. The van der Waals surface area contributed by atoms with E-state index in [0.29, 0.717) is 10.8 Å². The lowest BCUT2D eigenvalue weighted by Gasteiger charge is -2.14. The van der Waals surface area contributed by atoms with Gasteiger partial charge in [0.15, 0.2) is 0 Å². The topological polar surface area (TPSA) is 108 Å². The molecule has 0 atom stereocenters. The van der Waals surface area contributed by atoms with E-state index in [-0.39, 0.29) is 16.6 Å². The van der Waals surface area contributed by atoms with Gasteiger partial charge in [-0.2, -0.15) is 0 Å². The maximum Gasteiger partial charge on any atom is 0.242 e. The Balaban J connectivity index is 2.04. The van der Waals surface area contributed by atoms with E-state index in [0.717, 1.165) is 28.5 Å². The van der Waals surface area contributed by atoms with E-state index in [2.05, 4.69) is 27.4 Å². The Hall–Kier alpha value is -1.91. The Morgan fingerprint density at radius 3 is 2.73 bits per heavy atom. The molecule has 0 aliphatic heterocycles. The largest absolute Gasteiger partial charge is 0.325 e. The van der Waals surface area contributed by atoms with Crippen molar-refractivity contribution >= 4 is 33.4 Å². The molecule has 0 spiro atoms. The molecule has 0 radical (unpaired) electrons. The summed E-state index contributed by atoms with van der Waals surface area (Å²) in [4.78, 5) is 16.6. The highest BCUT2D eigenvalue weighted by Gasteiger charge is 2.18. The van der Waals surface area contributed by atoms with E-state index in [1.165, 1.54) is 38.0 Å². The highest BCUT2D eigenvalue weighted by atomic mass is 32.2. The van der Waals surface area contributed by atoms with Gasteiger partial charge in [0.2, 0.25) is 21.1 Å². The number of aromatic nitrogens is 3. The Morgan fingerprint density at radius 2 is 2.08 bits per heavy atom. The first kappa shape index (κ1) is 20.4. The molecule has 1 amide bonds. The van der Waals surface area contributed by atoms with Crippen molar-refractivity contribution < 1.29 is 13.2 Å². The molecule has 0 bridgehead atoms. The molecule has 2 rings (SSSR count). The minimum absolute atomic E-state index is 0.132. The molecule has 26 heavy (non-hydrogen) atoms. The van der Waals surface area contributed by atoms with Crippen LogP contribution in [0, 0.1) is 6.92 Å². The first-order valence-corrected chi connectivity index (χ1v) is 10.5. The molecule has 1 aromatic carbocycles. The summed E-state index contributed by atoms with van der Waals surface area (Å²) in [6, 6.07) is 4.67.